The summed E-state index contributed by atoms with van der Waals surface area (Å²) in [5.41, 5.74) is 0.144. The Balaban J connectivity index is 2.14. The average molecular weight is 254 g/mol. The van der Waals surface area contributed by atoms with Crippen LogP contribution in [0.5, 0.6) is 5.75 Å². The molecule has 1 fully saturated rings. The van der Waals surface area contributed by atoms with E-state index >= 15 is 0 Å². The van der Waals surface area contributed by atoms with Crippen LogP contribution in [0.1, 0.15) is 43.0 Å². The Labute approximate surface area is 106 Å². The summed E-state index contributed by atoms with van der Waals surface area (Å²) in [6.07, 6.45) is 4.27. The van der Waals surface area contributed by atoms with Gasteiger partial charge in [-0.1, -0.05) is 24.4 Å². The molecule has 0 spiro atoms. The molecule has 1 aliphatic carbocycles. The van der Waals surface area contributed by atoms with Crippen LogP contribution < -0.4 is 5.32 Å². The van der Waals surface area contributed by atoms with Crippen LogP contribution in [0.3, 0.4) is 0 Å². The van der Waals surface area contributed by atoms with E-state index in [0.717, 1.165) is 25.7 Å². The van der Waals surface area contributed by atoms with Crippen LogP contribution >= 0.6 is 11.6 Å². The quantitative estimate of drug-likeness (QED) is 0.851. The Hall–Kier alpha value is -1.22. The molecule has 3 nitrogen and oxygen atoms in total. The summed E-state index contributed by atoms with van der Waals surface area (Å²) in [7, 11) is 0. The Morgan fingerprint density at radius 2 is 2.06 bits per heavy atom. The lowest BCUT2D eigenvalue weighted by atomic mass is 10.00. The molecule has 0 unspecified atom stereocenters. The van der Waals surface area contributed by atoms with Crippen LogP contribution in [0, 0.1) is 0 Å². The van der Waals surface area contributed by atoms with Crippen molar-refractivity contribution in [3.05, 3.63) is 28.8 Å². The largest absolute Gasteiger partial charge is 0.507 e. The van der Waals surface area contributed by atoms with Gasteiger partial charge in [0.15, 0.2) is 0 Å². The molecule has 0 radical (unpaired) electrons. The lowest BCUT2D eigenvalue weighted by Gasteiger charge is -2.25. The first-order valence-corrected chi connectivity index (χ1v) is 6.19. The van der Waals surface area contributed by atoms with Gasteiger partial charge in [0, 0.05) is 10.6 Å². The summed E-state index contributed by atoms with van der Waals surface area (Å²) < 4.78 is 0. The average Bonchev–Trinajstić information content (AvgIpc) is 2.64. The minimum atomic E-state index is -0.233. The number of halogens is 1. The van der Waals surface area contributed by atoms with Crippen molar-refractivity contribution in [2.24, 2.45) is 0 Å². The fourth-order valence-corrected chi connectivity index (χ4v) is 2.48. The van der Waals surface area contributed by atoms with E-state index in [9.17, 15) is 9.90 Å². The Morgan fingerprint density at radius 1 is 1.41 bits per heavy atom. The zero-order chi connectivity index (χ0) is 12.5. The Bertz CT molecular complexity index is 439. The molecule has 1 aliphatic rings. The van der Waals surface area contributed by atoms with E-state index in [4.69, 9.17) is 11.6 Å². The molecule has 92 valence electrons. The third kappa shape index (κ3) is 2.72. The fraction of sp³-hybridized carbons (Fsp3) is 0.462. The minimum Gasteiger partial charge on any atom is -0.507 e. The molecule has 1 aromatic rings. The Morgan fingerprint density at radius 3 is 2.65 bits per heavy atom. The normalized spacial score (nSPS) is 18.0. The highest BCUT2D eigenvalue weighted by Crippen LogP contribution is 2.30. The molecule has 0 atom stereocenters. The zero-order valence-corrected chi connectivity index (χ0v) is 10.5. The van der Waals surface area contributed by atoms with Crippen molar-refractivity contribution in [3.8, 4) is 5.75 Å². The third-order valence-electron chi connectivity index (χ3n) is 3.33. The number of aromatic hydroxyl groups is 1. The van der Waals surface area contributed by atoms with Crippen LogP contribution in [-0.4, -0.2) is 16.6 Å². The van der Waals surface area contributed by atoms with Crippen LogP contribution in [-0.2, 0) is 0 Å². The second-order valence-corrected chi connectivity index (χ2v) is 5.32. The number of hydrogen-bond acceptors (Lipinski definition) is 2. The first-order chi connectivity index (χ1) is 8.00. The van der Waals surface area contributed by atoms with Crippen LogP contribution in [0.4, 0.5) is 0 Å². The standard InChI is InChI=1S/C13H16ClNO2/c1-13(6-2-3-7-13)15-12(17)10-5-4-9(14)8-11(10)16/h4-5,8,16H,2-3,6-7H2,1H3,(H,15,17). The van der Waals surface area contributed by atoms with E-state index in [1.807, 2.05) is 6.92 Å². The molecule has 1 amide bonds. The van der Waals surface area contributed by atoms with E-state index in [0.29, 0.717) is 5.02 Å². The van der Waals surface area contributed by atoms with E-state index in [1.54, 1.807) is 12.1 Å². The summed E-state index contributed by atoms with van der Waals surface area (Å²) in [6, 6.07) is 4.53. The molecule has 4 heteroatoms. The highest BCUT2D eigenvalue weighted by molar-refractivity contribution is 6.30. The number of carbonyl (C=O) groups excluding carboxylic acids is 1. The van der Waals surface area contributed by atoms with Gasteiger partial charge in [0.05, 0.1) is 5.56 Å². The van der Waals surface area contributed by atoms with E-state index in [-0.39, 0.29) is 22.8 Å². The second kappa shape index (κ2) is 4.57. The molecule has 0 heterocycles. The van der Waals surface area contributed by atoms with Gasteiger partial charge in [-0.15, -0.1) is 0 Å². The number of rotatable bonds is 2. The summed E-state index contributed by atoms with van der Waals surface area (Å²) in [5.74, 6) is -0.305. The summed E-state index contributed by atoms with van der Waals surface area (Å²) in [5, 5.41) is 13.1. The third-order valence-corrected chi connectivity index (χ3v) is 3.56. The maximum Gasteiger partial charge on any atom is 0.255 e. The number of phenolic OH excluding ortho intramolecular Hbond substituents is 1. The molecule has 1 saturated carbocycles. The van der Waals surface area contributed by atoms with Gasteiger partial charge in [0.25, 0.3) is 5.91 Å². The summed E-state index contributed by atoms with van der Waals surface area (Å²) >= 11 is 5.73. The molecule has 17 heavy (non-hydrogen) atoms. The van der Waals surface area contributed by atoms with Crippen molar-refractivity contribution in [2.45, 2.75) is 38.1 Å². The molecular formula is C13H16ClNO2. The number of nitrogens with one attached hydrogen (secondary N) is 1. The highest BCUT2D eigenvalue weighted by Gasteiger charge is 2.30. The monoisotopic (exact) mass is 253 g/mol. The van der Waals surface area contributed by atoms with Gasteiger partial charge in [0.2, 0.25) is 0 Å². The minimum absolute atomic E-state index is 0.0726. The van der Waals surface area contributed by atoms with Crippen molar-refractivity contribution < 1.29 is 9.90 Å². The lowest BCUT2D eigenvalue weighted by Crippen LogP contribution is -2.43. The fourth-order valence-electron chi connectivity index (χ4n) is 2.32. The second-order valence-electron chi connectivity index (χ2n) is 4.88. The van der Waals surface area contributed by atoms with E-state index < -0.39 is 0 Å². The molecular weight excluding hydrogens is 238 g/mol. The first kappa shape index (κ1) is 12.2. The van der Waals surface area contributed by atoms with Gasteiger partial charge in [0.1, 0.15) is 5.75 Å². The molecule has 0 saturated heterocycles. The number of benzene rings is 1. The van der Waals surface area contributed by atoms with Crippen molar-refractivity contribution >= 4 is 17.5 Å². The van der Waals surface area contributed by atoms with Gasteiger partial charge in [-0.2, -0.15) is 0 Å². The van der Waals surface area contributed by atoms with E-state index in [1.165, 1.54) is 6.07 Å². The van der Waals surface area contributed by atoms with Gasteiger partial charge in [-0.25, -0.2) is 0 Å². The van der Waals surface area contributed by atoms with Crippen molar-refractivity contribution in [3.63, 3.8) is 0 Å². The molecule has 2 N–H and O–H groups in total. The smallest absolute Gasteiger partial charge is 0.255 e. The van der Waals surface area contributed by atoms with Crippen LogP contribution in [0.2, 0.25) is 5.02 Å². The summed E-state index contributed by atoms with van der Waals surface area (Å²) in [4.78, 5) is 12.0. The number of hydrogen-bond donors (Lipinski definition) is 2. The van der Waals surface area contributed by atoms with Crippen molar-refractivity contribution in [1.82, 2.24) is 5.32 Å². The maximum absolute atomic E-state index is 12.0. The predicted molar refractivity (Wildman–Crippen MR) is 67.5 cm³/mol. The van der Waals surface area contributed by atoms with Gasteiger partial charge >= 0.3 is 0 Å². The lowest BCUT2D eigenvalue weighted by molar-refractivity contribution is 0.0905. The molecule has 0 bridgehead atoms. The van der Waals surface area contributed by atoms with Crippen LogP contribution in [0.25, 0.3) is 0 Å². The summed E-state index contributed by atoms with van der Waals surface area (Å²) in [6.45, 7) is 2.05. The number of phenols is 1. The van der Waals surface area contributed by atoms with Gasteiger partial charge in [-0.05, 0) is 38.0 Å². The topological polar surface area (TPSA) is 49.3 Å². The SMILES string of the molecule is CC1(NC(=O)c2ccc(Cl)cc2O)CCCC1. The molecule has 2 rings (SSSR count). The zero-order valence-electron chi connectivity index (χ0n) is 9.79. The predicted octanol–water partition coefficient (Wildman–Crippen LogP) is 3.11. The number of amides is 1. The van der Waals surface area contributed by atoms with E-state index in [2.05, 4.69) is 5.32 Å². The molecule has 0 aliphatic heterocycles. The maximum atomic E-state index is 12.0. The van der Waals surface area contributed by atoms with Gasteiger partial charge < -0.3 is 10.4 Å². The van der Waals surface area contributed by atoms with Gasteiger partial charge in [-0.3, -0.25) is 4.79 Å². The Kier molecular flexibility index (Phi) is 3.29. The van der Waals surface area contributed by atoms with Crippen LogP contribution in [0.15, 0.2) is 18.2 Å². The molecule has 1 aromatic carbocycles. The van der Waals surface area contributed by atoms with Crippen molar-refractivity contribution in [2.75, 3.05) is 0 Å². The number of carbonyl (C=O) groups is 1. The first-order valence-electron chi connectivity index (χ1n) is 5.81. The molecule has 0 aromatic heterocycles. The highest BCUT2D eigenvalue weighted by atomic mass is 35.5. The van der Waals surface area contributed by atoms with Crippen molar-refractivity contribution in [1.29, 1.82) is 0 Å².